The number of pyridine rings is 2. The molecule has 0 bridgehead atoms. The second kappa shape index (κ2) is 7.49. The number of carbonyl (C=O) groups is 1. The molecule has 0 aliphatic heterocycles. The summed E-state index contributed by atoms with van der Waals surface area (Å²) < 4.78 is 14.4. The number of fused-ring (bicyclic) bond motifs is 1. The van der Waals surface area contributed by atoms with Crippen molar-refractivity contribution in [1.82, 2.24) is 9.55 Å². The number of benzene rings is 1. The van der Waals surface area contributed by atoms with Gasteiger partial charge in [0, 0.05) is 24.7 Å². The highest BCUT2D eigenvalue weighted by molar-refractivity contribution is 5.98. The van der Waals surface area contributed by atoms with Crippen LogP contribution in [0.25, 0.3) is 11.0 Å². The van der Waals surface area contributed by atoms with Gasteiger partial charge in [0.2, 0.25) is 0 Å². The standard InChI is InChI=1S/C20H20FN3O4/c1-10(20(27)28)15-16(18(22)25)19(26)24(2)14-8-12(9-23-17(14)15)7-11-3-5-13(21)6-4-11/h3-6,8-10,20,27-28H,7H2,1-2H3,(H2,22,25)/t10-/m0/s1. The van der Waals surface area contributed by atoms with Gasteiger partial charge in [0.1, 0.15) is 11.4 Å². The number of aryl methyl sites for hydroxylation is 1. The van der Waals surface area contributed by atoms with Crippen LogP contribution in [-0.4, -0.2) is 32.0 Å². The van der Waals surface area contributed by atoms with E-state index in [2.05, 4.69) is 4.98 Å². The van der Waals surface area contributed by atoms with E-state index in [9.17, 15) is 24.2 Å². The van der Waals surface area contributed by atoms with E-state index in [1.165, 1.54) is 30.7 Å². The number of primary amides is 1. The molecule has 7 nitrogen and oxygen atoms in total. The molecule has 1 atom stereocenters. The predicted molar refractivity (Wildman–Crippen MR) is 101 cm³/mol. The van der Waals surface area contributed by atoms with E-state index in [1.54, 1.807) is 24.4 Å². The fraction of sp³-hybridized carbons (Fsp3) is 0.250. The predicted octanol–water partition coefficient (Wildman–Crippen LogP) is 1.18. The van der Waals surface area contributed by atoms with Crippen LogP contribution in [0.1, 0.15) is 39.9 Å². The molecule has 0 aliphatic rings. The van der Waals surface area contributed by atoms with Gasteiger partial charge in [-0.05, 0) is 35.7 Å². The van der Waals surface area contributed by atoms with E-state index in [-0.39, 0.29) is 16.9 Å². The van der Waals surface area contributed by atoms with Gasteiger partial charge in [-0.2, -0.15) is 0 Å². The average Bonchev–Trinajstić information content (AvgIpc) is 2.65. The molecule has 0 saturated carbocycles. The first-order valence-corrected chi connectivity index (χ1v) is 8.62. The van der Waals surface area contributed by atoms with Crippen molar-refractivity contribution in [3.63, 3.8) is 0 Å². The number of hydrogen-bond donors (Lipinski definition) is 3. The Labute approximate surface area is 159 Å². The molecule has 146 valence electrons. The van der Waals surface area contributed by atoms with Crippen molar-refractivity contribution in [2.75, 3.05) is 0 Å². The Morgan fingerprint density at radius 3 is 2.46 bits per heavy atom. The number of carbonyl (C=O) groups excluding carboxylic acids is 1. The van der Waals surface area contributed by atoms with Crippen molar-refractivity contribution in [2.45, 2.75) is 25.6 Å². The van der Waals surface area contributed by atoms with E-state index in [4.69, 9.17) is 5.73 Å². The zero-order valence-electron chi connectivity index (χ0n) is 15.4. The quantitative estimate of drug-likeness (QED) is 0.570. The first kappa shape index (κ1) is 19.7. The summed E-state index contributed by atoms with van der Waals surface area (Å²) in [7, 11) is 1.49. The average molecular weight is 385 g/mol. The van der Waals surface area contributed by atoms with Gasteiger partial charge >= 0.3 is 0 Å². The molecule has 0 saturated heterocycles. The lowest BCUT2D eigenvalue weighted by atomic mass is 9.93. The molecule has 1 amide bonds. The number of hydrogen-bond acceptors (Lipinski definition) is 5. The molecule has 4 N–H and O–H groups in total. The van der Waals surface area contributed by atoms with Crippen molar-refractivity contribution >= 4 is 16.9 Å². The van der Waals surface area contributed by atoms with Crippen LogP contribution in [0, 0.1) is 5.82 Å². The zero-order chi connectivity index (χ0) is 20.6. The molecule has 8 heteroatoms. The highest BCUT2D eigenvalue weighted by atomic mass is 19.1. The van der Waals surface area contributed by atoms with Crippen LogP contribution in [0.2, 0.25) is 0 Å². The highest BCUT2D eigenvalue weighted by Gasteiger charge is 2.27. The summed E-state index contributed by atoms with van der Waals surface area (Å²) in [5.74, 6) is -2.24. The summed E-state index contributed by atoms with van der Waals surface area (Å²) in [6.45, 7) is 1.47. The van der Waals surface area contributed by atoms with E-state index in [0.717, 1.165) is 11.1 Å². The molecular weight excluding hydrogens is 365 g/mol. The fourth-order valence-corrected chi connectivity index (χ4v) is 3.23. The van der Waals surface area contributed by atoms with Crippen LogP contribution < -0.4 is 11.3 Å². The number of aromatic nitrogens is 2. The highest BCUT2D eigenvalue weighted by Crippen LogP contribution is 2.28. The van der Waals surface area contributed by atoms with Gasteiger partial charge in [-0.3, -0.25) is 14.6 Å². The molecule has 1 aromatic carbocycles. The van der Waals surface area contributed by atoms with Gasteiger partial charge in [0.05, 0.1) is 11.0 Å². The summed E-state index contributed by atoms with van der Waals surface area (Å²) in [4.78, 5) is 29.0. The number of amides is 1. The number of aliphatic hydroxyl groups is 2. The largest absolute Gasteiger partial charge is 0.368 e. The van der Waals surface area contributed by atoms with Gasteiger partial charge in [0.25, 0.3) is 11.5 Å². The Morgan fingerprint density at radius 2 is 1.89 bits per heavy atom. The molecule has 2 aromatic heterocycles. The molecule has 3 rings (SSSR count). The van der Waals surface area contributed by atoms with Crippen LogP contribution in [-0.2, 0) is 13.5 Å². The minimum absolute atomic E-state index is 0.105. The summed E-state index contributed by atoms with van der Waals surface area (Å²) in [6.07, 6.45) is 0.234. The monoisotopic (exact) mass is 385 g/mol. The smallest absolute Gasteiger partial charge is 0.264 e. The maximum atomic E-state index is 13.1. The maximum Gasteiger partial charge on any atom is 0.264 e. The van der Waals surface area contributed by atoms with Crippen LogP contribution in [0.15, 0.2) is 41.3 Å². The third-order valence-corrected chi connectivity index (χ3v) is 4.80. The van der Waals surface area contributed by atoms with Crippen LogP contribution in [0.3, 0.4) is 0 Å². The Balaban J connectivity index is 2.22. The lowest BCUT2D eigenvalue weighted by Crippen LogP contribution is -2.33. The third kappa shape index (κ3) is 3.51. The van der Waals surface area contributed by atoms with Gasteiger partial charge in [-0.1, -0.05) is 19.1 Å². The van der Waals surface area contributed by atoms with E-state index in [0.29, 0.717) is 17.5 Å². The molecule has 0 unspecified atom stereocenters. The van der Waals surface area contributed by atoms with Gasteiger partial charge in [0.15, 0.2) is 6.29 Å². The second-order valence-electron chi connectivity index (χ2n) is 6.73. The number of aliphatic hydroxyl groups excluding tert-OH is 1. The van der Waals surface area contributed by atoms with Crippen molar-refractivity contribution in [1.29, 1.82) is 0 Å². The molecular formula is C20H20FN3O4. The molecule has 3 aromatic rings. The fourth-order valence-electron chi connectivity index (χ4n) is 3.23. The van der Waals surface area contributed by atoms with Crippen LogP contribution >= 0.6 is 0 Å². The van der Waals surface area contributed by atoms with Gasteiger partial charge < -0.3 is 20.5 Å². The number of halogens is 1. The summed E-state index contributed by atoms with van der Waals surface area (Å²) in [5.41, 5.74) is 6.89. The summed E-state index contributed by atoms with van der Waals surface area (Å²) >= 11 is 0. The van der Waals surface area contributed by atoms with E-state index < -0.39 is 23.7 Å². The molecule has 0 spiro atoms. The van der Waals surface area contributed by atoms with E-state index in [1.807, 2.05) is 0 Å². The molecule has 0 fully saturated rings. The zero-order valence-corrected chi connectivity index (χ0v) is 15.4. The summed E-state index contributed by atoms with van der Waals surface area (Å²) in [5, 5.41) is 19.2. The Hall–Kier alpha value is -3.10. The van der Waals surface area contributed by atoms with Crippen LogP contribution in [0.4, 0.5) is 4.39 Å². The van der Waals surface area contributed by atoms with Crippen molar-refractivity contribution in [3.8, 4) is 0 Å². The van der Waals surface area contributed by atoms with E-state index >= 15 is 0 Å². The maximum absolute atomic E-state index is 13.1. The number of nitrogens with two attached hydrogens (primary N) is 1. The normalized spacial score (nSPS) is 12.5. The number of rotatable bonds is 5. The first-order chi connectivity index (χ1) is 13.2. The van der Waals surface area contributed by atoms with Crippen molar-refractivity contribution in [2.24, 2.45) is 12.8 Å². The molecule has 0 radical (unpaired) electrons. The first-order valence-electron chi connectivity index (χ1n) is 8.62. The van der Waals surface area contributed by atoms with Gasteiger partial charge in [-0.25, -0.2) is 4.39 Å². The Bertz CT molecular complexity index is 1110. The molecule has 0 aliphatic carbocycles. The molecule has 28 heavy (non-hydrogen) atoms. The lowest BCUT2D eigenvalue weighted by Gasteiger charge is -2.20. The topological polar surface area (TPSA) is 118 Å². The molecule has 2 heterocycles. The number of nitrogens with zero attached hydrogens (tertiary/aromatic N) is 2. The Kier molecular flexibility index (Phi) is 5.26. The second-order valence-corrected chi connectivity index (χ2v) is 6.73. The lowest BCUT2D eigenvalue weighted by molar-refractivity contribution is -0.0559. The van der Waals surface area contributed by atoms with Crippen molar-refractivity contribution < 1.29 is 19.4 Å². The third-order valence-electron chi connectivity index (χ3n) is 4.80. The van der Waals surface area contributed by atoms with Crippen LogP contribution in [0.5, 0.6) is 0 Å². The van der Waals surface area contributed by atoms with Crippen molar-refractivity contribution in [3.05, 3.63) is 75.0 Å². The SMILES string of the molecule is C[C@@H](c1c(C(N)=O)c(=O)n(C)c2cc(Cc3ccc(F)cc3)cnc12)C(O)O. The summed E-state index contributed by atoms with van der Waals surface area (Å²) in [6, 6.07) is 7.77. The Morgan fingerprint density at radius 1 is 1.25 bits per heavy atom. The minimum Gasteiger partial charge on any atom is -0.368 e. The van der Waals surface area contributed by atoms with Gasteiger partial charge in [-0.15, -0.1) is 0 Å². The minimum atomic E-state index is -1.80.